The Bertz CT molecular complexity index is 586. The predicted molar refractivity (Wildman–Crippen MR) is 82.2 cm³/mol. The predicted octanol–water partition coefficient (Wildman–Crippen LogP) is 2.27. The smallest absolute Gasteiger partial charge is 0.360 e. The number of rotatable bonds is 7. The van der Waals surface area contributed by atoms with Gasteiger partial charge < -0.3 is 4.74 Å². The highest BCUT2D eigenvalue weighted by atomic mass is 32.2. The molecule has 2 heterocycles. The molecule has 2 aromatic rings. The van der Waals surface area contributed by atoms with E-state index in [4.69, 9.17) is 4.74 Å². The largest absolute Gasteiger partial charge is 0.464 e. The first kappa shape index (κ1) is 15.5. The molecule has 0 bridgehead atoms. The first-order valence-electron chi connectivity index (χ1n) is 6.77. The monoisotopic (exact) mass is 306 g/mol. The molecule has 0 amide bonds. The summed E-state index contributed by atoms with van der Waals surface area (Å²) in [5, 5.41) is 8.07. The number of aromatic nitrogens is 4. The molecule has 112 valence electrons. The van der Waals surface area contributed by atoms with Crippen molar-refractivity contribution in [3.05, 3.63) is 30.2 Å². The van der Waals surface area contributed by atoms with Crippen molar-refractivity contribution in [3.63, 3.8) is 0 Å². The van der Waals surface area contributed by atoms with Gasteiger partial charge in [-0.3, -0.25) is 4.98 Å². The summed E-state index contributed by atoms with van der Waals surface area (Å²) >= 11 is 1.88. The summed E-state index contributed by atoms with van der Waals surface area (Å²) in [4.78, 5) is 15.8. The van der Waals surface area contributed by atoms with Gasteiger partial charge in [0.15, 0.2) is 5.69 Å². The zero-order valence-electron chi connectivity index (χ0n) is 12.2. The zero-order valence-corrected chi connectivity index (χ0v) is 13.0. The van der Waals surface area contributed by atoms with Gasteiger partial charge in [0, 0.05) is 24.5 Å². The van der Waals surface area contributed by atoms with Crippen molar-refractivity contribution in [2.45, 2.75) is 19.9 Å². The minimum absolute atomic E-state index is 0.242. The highest BCUT2D eigenvalue weighted by Crippen LogP contribution is 2.22. The van der Waals surface area contributed by atoms with Crippen LogP contribution in [0.5, 0.6) is 0 Å². The van der Waals surface area contributed by atoms with E-state index in [1.165, 1.54) is 7.11 Å². The molecule has 0 N–H and O–H groups in total. The van der Waals surface area contributed by atoms with Crippen molar-refractivity contribution >= 4 is 17.7 Å². The SMILES string of the molecule is CCSCCCn1nnc(C(=O)OC)c1-c1ccncc1. The van der Waals surface area contributed by atoms with Crippen LogP contribution in [-0.2, 0) is 11.3 Å². The van der Waals surface area contributed by atoms with Crippen molar-refractivity contribution in [1.82, 2.24) is 20.0 Å². The Morgan fingerprint density at radius 1 is 1.38 bits per heavy atom. The molecular weight excluding hydrogens is 288 g/mol. The number of thioether (sulfide) groups is 1. The van der Waals surface area contributed by atoms with Gasteiger partial charge in [-0.05, 0) is 30.1 Å². The molecule has 0 aliphatic carbocycles. The van der Waals surface area contributed by atoms with Crippen LogP contribution in [0.25, 0.3) is 11.3 Å². The van der Waals surface area contributed by atoms with E-state index in [0.717, 1.165) is 23.5 Å². The Labute approximate surface area is 127 Å². The Balaban J connectivity index is 2.28. The summed E-state index contributed by atoms with van der Waals surface area (Å²) in [5.74, 6) is 1.68. The topological polar surface area (TPSA) is 69.9 Å². The van der Waals surface area contributed by atoms with E-state index in [1.54, 1.807) is 17.1 Å². The highest BCUT2D eigenvalue weighted by Gasteiger charge is 2.21. The molecule has 0 saturated carbocycles. The minimum Gasteiger partial charge on any atom is -0.464 e. The van der Waals surface area contributed by atoms with Crippen LogP contribution in [0.1, 0.15) is 23.8 Å². The lowest BCUT2D eigenvalue weighted by molar-refractivity contribution is 0.0595. The molecule has 0 radical (unpaired) electrons. The normalized spacial score (nSPS) is 10.6. The fourth-order valence-electron chi connectivity index (χ4n) is 1.96. The fourth-order valence-corrected chi connectivity index (χ4v) is 2.58. The third kappa shape index (κ3) is 3.81. The van der Waals surface area contributed by atoms with Crippen LogP contribution in [0.15, 0.2) is 24.5 Å². The van der Waals surface area contributed by atoms with Crippen molar-refractivity contribution in [3.8, 4) is 11.3 Å². The maximum Gasteiger partial charge on any atom is 0.360 e. The molecular formula is C14H18N4O2S. The molecule has 0 aliphatic rings. The van der Waals surface area contributed by atoms with Crippen molar-refractivity contribution in [2.75, 3.05) is 18.6 Å². The Kier molecular flexibility index (Phi) is 5.74. The van der Waals surface area contributed by atoms with Gasteiger partial charge in [-0.25, -0.2) is 9.48 Å². The van der Waals surface area contributed by atoms with Gasteiger partial charge in [-0.2, -0.15) is 11.8 Å². The van der Waals surface area contributed by atoms with Crippen molar-refractivity contribution in [2.24, 2.45) is 0 Å². The Morgan fingerprint density at radius 2 is 2.14 bits per heavy atom. The van der Waals surface area contributed by atoms with Gasteiger partial charge in [-0.1, -0.05) is 12.1 Å². The summed E-state index contributed by atoms with van der Waals surface area (Å²) in [6.07, 6.45) is 4.34. The van der Waals surface area contributed by atoms with Crippen molar-refractivity contribution in [1.29, 1.82) is 0 Å². The minimum atomic E-state index is -0.476. The summed E-state index contributed by atoms with van der Waals surface area (Å²) < 4.78 is 6.54. The second-order valence-corrected chi connectivity index (χ2v) is 5.68. The van der Waals surface area contributed by atoms with Crippen LogP contribution in [-0.4, -0.2) is 44.6 Å². The molecule has 21 heavy (non-hydrogen) atoms. The number of esters is 1. The maximum atomic E-state index is 11.8. The fraction of sp³-hybridized carbons (Fsp3) is 0.429. The lowest BCUT2D eigenvalue weighted by atomic mass is 10.1. The van der Waals surface area contributed by atoms with Crippen LogP contribution < -0.4 is 0 Å². The third-order valence-electron chi connectivity index (χ3n) is 2.93. The molecule has 0 atom stereocenters. The second kappa shape index (κ2) is 7.78. The number of ether oxygens (including phenoxy) is 1. The van der Waals surface area contributed by atoms with Crippen molar-refractivity contribution < 1.29 is 9.53 Å². The third-order valence-corrected chi connectivity index (χ3v) is 3.92. The van der Waals surface area contributed by atoms with Gasteiger partial charge in [0.2, 0.25) is 0 Å². The standard InChI is InChI=1S/C14H18N4O2S/c1-3-21-10-4-9-18-13(11-5-7-15-8-6-11)12(16-17-18)14(19)20-2/h5-8H,3-4,9-10H2,1-2H3. The van der Waals surface area contributed by atoms with Gasteiger partial charge in [0.1, 0.15) is 5.69 Å². The second-order valence-electron chi connectivity index (χ2n) is 4.29. The first-order chi connectivity index (χ1) is 10.3. The Morgan fingerprint density at radius 3 is 2.81 bits per heavy atom. The van der Waals surface area contributed by atoms with Crippen LogP contribution in [0.2, 0.25) is 0 Å². The van der Waals surface area contributed by atoms with Gasteiger partial charge in [-0.15, -0.1) is 5.10 Å². The molecule has 0 aromatic carbocycles. The number of hydrogen-bond acceptors (Lipinski definition) is 6. The molecule has 2 aromatic heterocycles. The molecule has 2 rings (SSSR count). The van der Waals surface area contributed by atoms with E-state index >= 15 is 0 Å². The van der Waals surface area contributed by atoms with E-state index in [1.807, 2.05) is 23.9 Å². The van der Waals surface area contributed by atoms with E-state index in [9.17, 15) is 4.79 Å². The zero-order chi connectivity index (χ0) is 15.1. The maximum absolute atomic E-state index is 11.8. The van der Waals surface area contributed by atoms with E-state index in [0.29, 0.717) is 12.2 Å². The molecule has 0 spiro atoms. The van der Waals surface area contributed by atoms with Gasteiger partial charge >= 0.3 is 5.97 Å². The average Bonchev–Trinajstić information content (AvgIpc) is 2.95. The number of methoxy groups -OCH3 is 1. The summed E-state index contributed by atoms with van der Waals surface area (Å²) in [6, 6.07) is 3.67. The van der Waals surface area contributed by atoms with E-state index in [-0.39, 0.29) is 5.69 Å². The van der Waals surface area contributed by atoms with Crippen LogP contribution >= 0.6 is 11.8 Å². The summed E-state index contributed by atoms with van der Waals surface area (Å²) in [5.41, 5.74) is 1.79. The number of pyridine rings is 1. The summed E-state index contributed by atoms with van der Waals surface area (Å²) in [7, 11) is 1.34. The van der Waals surface area contributed by atoms with E-state index in [2.05, 4.69) is 22.2 Å². The van der Waals surface area contributed by atoms with E-state index < -0.39 is 5.97 Å². The number of nitrogens with zero attached hydrogens (tertiary/aromatic N) is 4. The number of hydrogen-bond donors (Lipinski definition) is 0. The number of carbonyl (C=O) groups is 1. The average molecular weight is 306 g/mol. The lowest BCUT2D eigenvalue weighted by Crippen LogP contribution is -2.07. The van der Waals surface area contributed by atoms with Gasteiger partial charge in [0.25, 0.3) is 0 Å². The molecule has 0 unspecified atom stereocenters. The molecule has 6 nitrogen and oxygen atoms in total. The van der Waals surface area contributed by atoms with Crippen LogP contribution in [0.3, 0.4) is 0 Å². The van der Waals surface area contributed by atoms with Gasteiger partial charge in [0.05, 0.1) is 7.11 Å². The lowest BCUT2D eigenvalue weighted by Gasteiger charge is -2.07. The first-order valence-corrected chi connectivity index (χ1v) is 7.93. The molecule has 0 saturated heterocycles. The number of aryl methyl sites for hydroxylation is 1. The van der Waals surface area contributed by atoms with Crippen LogP contribution in [0, 0.1) is 0 Å². The quantitative estimate of drug-likeness (QED) is 0.577. The highest BCUT2D eigenvalue weighted by molar-refractivity contribution is 7.99. The molecule has 0 fully saturated rings. The van der Waals surface area contributed by atoms with Crippen LogP contribution in [0.4, 0.5) is 0 Å². The Hall–Kier alpha value is -1.89. The number of carbonyl (C=O) groups excluding carboxylic acids is 1. The molecule has 7 heteroatoms. The molecule has 0 aliphatic heterocycles. The summed E-state index contributed by atoms with van der Waals surface area (Å²) in [6.45, 7) is 2.85.